The van der Waals surface area contributed by atoms with Gasteiger partial charge in [0.25, 0.3) is 0 Å². The van der Waals surface area contributed by atoms with Gasteiger partial charge in [-0.15, -0.1) is 0 Å². The van der Waals surface area contributed by atoms with Gasteiger partial charge >= 0.3 is 0 Å². The Hall–Kier alpha value is -1.63. The van der Waals surface area contributed by atoms with Gasteiger partial charge in [-0.05, 0) is 37.9 Å². The summed E-state index contributed by atoms with van der Waals surface area (Å²) in [5, 5.41) is 6.54. The Morgan fingerprint density at radius 1 is 1.52 bits per heavy atom. The molecule has 1 aliphatic rings. The molecule has 0 saturated carbocycles. The van der Waals surface area contributed by atoms with Crippen LogP contribution in [0.3, 0.4) is 0 Å². The fourth-order valence-corrected chi connectivity index (χ4v) is 2.67. The van der Waals surface area contributed by atoms with Crippen molar-refractivity contribution in [3.63, 3.8) is 0 Å². The van der Waals surface area contributed by atoms with E-state index in [0.29, 0.717) is 22.9 Å². The third-order valence-electron chi connectivity index (χ3n) is 3.44. The second-order valence-electron chi connectivity index (χ2n) is 5.27. The van der Waals surface area contributed by atoms with Crippen LogP contribution in [-0.4, -0.2) is 41.8 Å². The number of hydrogen-bond donors (Lipinski definition) is 2. The van der Waals surface area contributed by atoms with Crippen LogP contribution in [0.2, 0.25) is 0 Å². The van der Waals surface area contributed by atoms with Crippen LogP contribution in [0.1, 0.15) is 26.7 Å². The van der Waals surface area contributed by atoms with E-state index in [1.807, 2.05) is 13.0 Å². The lowest BCUT2D eigenvalue weighted by Gasteiger charge is -2.32. The van der Waals surface area contributed by atoms with Crippen molar-refractivity contribution in [3.8, 4) is 5.88 Å². The van der Waals surface area contributed by atoms with E-state index in [4.69, 9.17) is 17.0 Å². The van der Waals surface area contributed by atoms with Crippen molar-refractivity contribution in [2.45, 2.75) is 26.7 Å². The number of nitrogens with zero attached hydrogens (tertiary/aromatic N) is 3. The molecule has 6 nitrogen and oxygen atoms in total. The molecule has 0 aliphatic carbocycles. The number of thiocarbonyl (C=S) groups is 1. The number of hydrogen-bond acceptors (Lipinski definition) is 5. The molecule has 1 aliphatic heterocycles. The molecule has 0 aromatic carbocycles. The van der Waals surface area contributed by atoms with Crippen LogP contribution in [0, 0.1) is 5.92 Å². The lowest BCUT2D eigenvalue weighted by atomic mass is 10.0. The Kier molecular flexibility index (Phi) is 5.55. The zero-order valence-electron chi connectivity index (χ0n) is 12.8. The summed E-state index contributed by atoms with van der Waals surface area (Å²) in [4.78, 5) is 11.1. The van der Waals surface area contributed by atoms with E-state index in [2.05, 4.69) is 32.4 Å². The lowest BCUT2D eigenvalue weighted by Crippen LogP contribution is -2.35. The van der Waals surface area contributed by atoms with Gasteiger partial charge in [0.2, 0.25) is 11.8 Å². The molecular formula is C14H23N5OS. The first-order chi connectivity index (χ1) is 10.1. The molecule has 7 heteroatoms. The van der Waals surface area contributed by atoms with E-state index in [9.17, 15) is 0 Å². The first kappa shape index (κ1) is 15.8. The van der Waals surface area contributed by atoms with Crippen molar-refractivity contribution in [3.05, 3.63) is 6.07 Å². The molecule has 1 aromatic rings. The molecule has 21 heavy (non-hydrogen) atoms. The van der Waals surface area contributed by atoms with Crippen LogP contribution in [-0.2, 0) is 0 Å². The Bertz CT molecular complexity index is 496. The number of anilines is 2. The van der Waals surface area contributed by atoms with Crippen molar-refractivity contribution < 1.29 is 4.74 Å². The monoisotopic (exact) mass is 309 g/mol. The number of rotatable bonds is 4. The van der Waals surface area contributed by atoms with E-state index in [-0.39, 0.29) is 0 Å². The van der Waals surface area contributed by atoms with Crippen LogP contribution in [0.25, 0.3) is 0 Å². The average Bonchev–Trinajstić information content (AvgIpc) is 2.47. The highest BCUT2D eigenvalue weighted by Gasteiger charge is 2.19. The molecule has 0 spiro atoms. The summed E-state index contributed by atoms with van der Waals surface area (Å²) in [5.74, 6) is 2.57. The molecule has 1 atom stereocenters. The van der Waals surface area contributed by atoms with E-state index in [0.717, 1.165) is 25.5 Å². The maximum Gasteiger partial charge on any atom is 0.234 e. The van der Waals surface area contributed by atoms with Crippen molar-refractivity contribution in [2.24, 2.45) is 5.92 Å². The van der Waals surface area contributed by atoms with Gasteiger partial charge in [0, 0.05) is 25.7 Å². The fourth-order valence-electron chi connectivity index (χ4n) is 2.44. The predicted molar refractivity (Wildman–Crippen MR) is 89.1 cm³/mol. The minimum Gasteiger partial charge on any atom is -0.481 e. The summed E-state index contributed by atoms with van der Waals surface area (Å²) in [6.45, 7) is 7.04. The van der Waals surface area contributed by atoms with E-state index in [1.54, 1.807) is 7.11 Å². The molecule has 0 unspecified atom stereocenters. The number of ether oxygens (including phenoxy) is 1. The third-order valence-corrected chi connectivity index (χ3v) is 3.69. The highest BCUT2D eigenvalue weighted by atomic mass is 32.1. The summed E-state index contributed by atoms with van der Waals surface area (Å²) in [6.07, 6.45) is 2.46. The minimum atomic E-state index is 0.466. The quantitative estimate of drug-likeness (QED) is 0.825. The van der Waals surface area contributed by atoms with E-state index >= 15 is 0 Å². The van der Waals surface area contributed by atoms with Gasteiger partial charge in [-0.1, -0.05) is 6.92 Å². The van der Waals surface area contributed by atoms with Gasteiger partial charge in [0.05, 0.1) is 7.11 Å². The second kappa shape index (κ2) is 7.40. The minimum absolute atomic E-state index is 0.466. The summed E-state index contributed by atoms with van der Waals surface area (Å²) in [6, 6.07) is 1.87. The van der Waals surface area contributed by atoms with Gasteiger partial charge in [-0.3, -0.25) is 0 Å². The molecule has 2 N–H and O–H groups in total. The Labute approximate surface area is 131 Å². The molecule has 1 saturated heterocycles. The zero-order chi connectivity index (χ0) is 15.2. The number of piperidine rings is 1. The van der Waals surface area contributed by atoms with Crippen molar-refractivity contribution in [2.75, 3.05) is 37.0 Å². The molecule has 2 heterocycles. The summed E-state index contributed by atoms with van der Waals surface area (Å²) >= 11 is 5.18. The normalized spacial score (nSPS) is 18.2. The van der Waals surface area contributed by atoms with Gasteiger partial charge in [-0.25, -0.2) is 0 Å². The molecule has 2 rings (SSSR count). The van der Waals surface area contributed by atoms with Crippen LogP contribution in [0.15, 0.2) is 6.07 Å². The van der Waals surface area contributed by atoms with Gasteiger partial charge in [0.1, 0.15) is 5.82 Å². The van der Waals surface area contributed by atoms with Crippen LogP contribution in [0.5, 0.6) is 5.88 Å². The number of nitrogens with one attached hydrogen (secondary N) is 2. The summed E-state index contributed by atoms with van der Waals surface area (Å²) in [5.41, 5.74) is 0. The predicted octanol–water partition coefficient (Wildman–Crippen LogP) is 2.03. The smallest absolute Gasteiger partial charge is 0.234 e. The molecular weight excluding hydrogens is 286 g/mol. The SMILES string of the molecule is CCNC(=S)Nc1nc(OC)cc(N2CCC[C@H](C)C2)n1. The largest absolute Gasteiger partial charge is 0.481 e. The topological polar surface area (TPSA) is 62.3 Å². The zero-order valence-corrected chi connectivity index (χ0v) is 13.7. The maximum atomic E-state index is 5.27. The van der Waals surface area contributed by atoms with E-state index < -0.39 is 0 Å². The Morgan fingerprint density at radius 2 is 2.33 bits per heavy atom. The molecule has 0 amide bonds. The van der Waals surface area contributed by atoms with Crippen molar-refractivity contribution in [1.29, 1.82) is 0 Å². The van der Waals surface area contributed by atoms with Crippen LogP contribution < -0.4 is 20.3 Å². The van der Waals surface area contributed by atoms with Crippen LogP contribution >= 0.6 is 12.2 Å². The maximum absolute atomic E-state index is 5.27. The van der Waals surface area contributed by atoms with Crippen LogP contribution in [0.4, 0.5) is 11.8 Å². The number of aromatic nitrogens is 2. The van der Waals surface area contributed by atoms with Crippen molar-refractivity contribution in [1.82, 2.24) is 15.3 Å². The summed E-state index contributed by atoms with van der Waals surface area (Å²) in [7, 11) is 1.61. The molecule has 116 valence electrons. The highest BCUT2D eigenvalue weighted by molar-refractivity contribution is 7.80. The first-order valence-corrected chi connectivity index (χ1v) is 7.76. The molecule has 1 aromatic heterocycles. The second-order valence-corrected chi connectivity index (χ2v) is 5.68. The van der Waals surface area contributed by atoms with Gasteiger partial charge in [0.15, 0.2) is 5.11 Å². The lowest BCUT2D eigenvalue weighted by molar-refractivity contribution is 0.396. The van der Waals surface area contributed by atoms with Gasteiger partial charge in [-0.2, -0.15) is 9.97 Å². The van der Waals surface area contributed by atoms with E-state index in [1.165, 1.54) is 12.8 Å². The molecule has 0 bridgehead atoms. The highest BCUT2D eigenvalue weighted by Crippen LogP contribution is 2.24. The molecule has 0 radical (unpaired) electrons. The Morgan fingerprint density at radius 3 is 3.00 bits per heavy atom. The first-order valence-electron chi connectivity index (χ1n) is 7.35. The summed E-state index contributed by atoms with van der Waals surface area (Å²) < 4.78 is 5.27. The molecule has 1 fully saturated rings. The number of methoxy groups -OCH3 is 1. The fraction of sp³-hybridized carbons (Fsp3) is 0.643. The standard InChI is InChI=1S/C14H23N5OS/c1-4-15-14(21)18-13-16-11(8-12(17-13)20-3)19-7-5-6-10(2)9-19/h8,10H,4-7,9H2,1-3H3,(H2,15,16,17,18,21)/t10-/m0/s1. The average molecular weight is 309 g/mol. The van der Waals surface area contributed by atoms with Crippen molar-refractivity contribution >= 4 is 29.1 Å². The third kappa shape index (κ3) is 4.42. The van der Waals surface area contributed by atoms with Gasteiger partial charge < -0.3 is 20.3 Å². The Balaban J connectivity index is 2.18.